The molecule has 0 spiro atoms. The summed E-state index contributed by atoms with van der Waals surface area (Å²) in [7, 11) is 0. The van der Waals surface area contributed by atoms with E-state index in [1.54, 1.807) is 24.3 Å². The minimum Gasteiger partial charge on any atom is -0.326 e. The highest BCUT2D eigenvalue weighted by Crippen LogP contribution is 2.11. The molecule has 2 rings (SSSR count). The number of hydrogen-bond acceptors (Lipinski definition) is 4. The van der Waals surface area contributed by atoms with Crippen LogP contribution in [0.4, 0.5) is 5.82 Å². The van der Waals surface area contributed by atoms with E-state index in [1.807, 2.05) is 6.07 Å². The number of rotatable bonds is 3. The van der Waals surface area contributed by atoms with Gasteiger partial charge in [-0.25, -0.2) is 0 Å². The Morgan fingerprint density at radius 2 is 2.17 bits per heavy atom. The number of aromatic nitrogens is 2. The molecule has 1 aromatic carbocycles. The van der Waals surface area contributed by atoms with Crippen LogP contribution in [-0.2, 0) is 6.54 Å². The Hall–Kier alpha value is -2.65. The van der Waals surface area contributed by atoms with Crippen LogP contribution >= 0.6 is 0 Å². The molecule has 4 N–H and O–H groups in total. The second kappa shape index (κ2) is 5.12. The quantitative estimate of drug-likeness (QED) is 0.744. The number of aromatic amines is 1. The molecule has 0 aliphatic rings. The van der Waals surface area contributed by atoms with Crippen LogP contribution < -0.4 is 11.1 Å². The van der Waals surface area contributed by atoms with Gasteiger partial charge in [0.15, 0.2) is 0 Å². The van der Waals surface area contributed by atoms with Gasteiger partial charge in [0.25, 0.3) is 5.91 Å². The lowest BCUT2D eigenvalue weighted by Gasteiger charge is -2.04. The lowest BCUT2D eigenvalue weighted by atomic mass is 10.1. The number of carbonyl (C=O) groups is 1. The third-order valence-electron chi connectivity index (χ3n) is 2.45. The van der Waals surface area contributed by atoms with Crippen molar-refractivity contribution in [1.82, 2.24) is 10.2 Å². The summed E-state index contributed by atoms with van der Waals surface area (Å²) >= 11 is 0. The van der Waals surface area contributed by atoms with Gasteiger partial charge in [0.05, 0.1) is 6.20 Å². The third kappa shape index (κ3) is 2.36. The van der Waals surface area contributed by atoms with Gasteiger partial charge in [-0.2, -0.15) is 10.4 Å². The maximum atomic E-state index is 11.9. The van der Waals surface area contributed by atoms with Gasteiger partial charge < -0.3 is 11.1 Å². The molecular weight excluding hydrogens is 230 g/mol. The molecule has 0 atom stereocenters. The van der Waals surface area contributed by atoms with Crippen molar-refractivity contribution in [3.05, 3.63) is 47.2 Å². The van der Waals surface area contributed by atoms with Gasteiger partial charge in [-0.1, -0.05) is 12.1 Å². The Bertz CT molecular complexity index is 594. The fourth-order valence-electron chi connectivity index (χ4n) is 1.44. The zero-order valence-electron chi connectivity index (χ0n) is 9.47. The summed E-state index contributed by atoms with van der Waals surface area (Å²) in [4.78, 5) is 11.9. The number of anilines is 1. The van der Waals surface area contributed by atoms with Gasteiger partial charge >= 0.3 is 0 Å². The highest BCUT2D eigenvalue weighted by molar-refractivity contribution is 6.04. The molecule has 1 heterocycles. The molecule has 0 bridgehead atoms. The number of hydrogen-bond donors (Lipinski definition) is 3. The second-order valence-corrected chi connectivity index (χ2v) is 3.63. The maximum absolute atomic E-state index is 11.9. The van der Waals surface area contributed by atoms with E-state index in [2.05, 4.69) is 15.5 Å². The Kier molecular flexibility index (Phi) is 3.36. The summed E-state index contributed by atoms with van der Waals surface area (Å²) in [5, 5.41) is 17.6. The van der Waals surface area contributed by atoms with E-state index in [0.717, 1.165) is 5.56 Å². The van der Waals surface area contributed by atoms with E-state index in [-0.39, 0.29) is 5.91 Å². The van der Waals surface area contributed by atoms with Gasteiger partial charge in [-0.15, -0.1) is 0 Å². The third-order valence-corrected chi connectivity index (χ3v) is 2.45. The highest BCUT2D eigenvalue weighted by Gasteiger charge is 2.10. The number of nitriles is 1. The summed E-state index contributed by atoms with van der Waals surface area (Å²) in [6.07, 6.45) is 1.35. The molecule has 0 aliphatic heterocycles. The smallest absolute Gasteiger partial charge is 0.256 e. The van der Waals surface area contributed by atoms with E-state index in [1.165, 1.54) is 6.20 Å². The summed E-state index contributed by atoms with van der Waals surface area (Å²) in [5.74, 6) is -0.00952. The largest absolute Gasteiger partial charge is 0.326 e. The molecule has 0 unspecified atom stereocenters. The van der Waals surface area contributed by atoms with Gasteiger partial charge in [0.1, 0.15) is 17.5 Å². The summed E-state index contributed by atoms with van der Waals surface area (Å²) in [6, 6.07) is 8.86. The van der Waals surface area contributed by atoms with Crippen molar-refractivity contribution < 1.29 is 4.79 Å². The zero-order chi connectivity index (χ0) is 13.0. The average molecular weight is 241 g/mol. The number of H-pyrrole nitrogens is 1. The Balaban J connectivity index is 2.15. The molecule has 1 amide bonds. The number of amides is 1. The fourth-order valence-corrected chi connectivity index (χ4v) is 1.44. The molecule has 6 heteroatoms. The van der Waals surface area contributed by atoms with Gasteiger partial charge in [-0.05, 0) is 17.7 Å². The minimum absolute atomic E-state index is 0.293. The molecule has 0 aliphatic carbocycles. The summed E-state index contributed by atoms with van der Waals surface area (Å²) in [5.41, 5.74) is 7.21. The van der Waals surface area contributed by atoms with Crippen LogP contribution in [-0.4, -0.2) is 16.1 Å². The topological polar surface area (TPSA) is 108 Å². The number of nitrogens with one attached hydrogen (secondary N) is 2. The molecule has 1 aromatic heterocycles. The maximum Gasteiger partial charge on any atom is 0.256 e. The van der Waals surface area contributed by atoms with Crippen molar-refractivity contribution in [2.45, 2.75) is 6.54 Å². The first kappa shape index (κ1) is 11.8. The minimum atomic E-state index is -0.306. The second-order valence-electron chi connectivity index (χ2n) is 3.63. The standard InChI is InChI=1S/C12H11N5O/c13-5-8-1-3-9(4-2-8)12(18)16-11-10(6-14)7-15-17-11/h1-4,7H,5,13H2,(H2,15,16,17,18). The first-order valence-corrected chi connectivity index (χ1v) is 5.28. The van der Waals surface area contributed by atoms with Gasteiger partial charge in [-0.3, -0.25) is 9.89 Å². The summed E-state index contributed by atoms with van der Waals surface area (Å²) < 4.78 is 0. The number of nitrogens with zero attached hydrogens (tertiary/aromatic N) is 2. The molecular formula is C12H11N5O. The van der Waals surface area contributed by atoms with Crippen molar-refractivity contribution in [3.8, 4) is 6.07 Å². The predicted molar refractivity (Wildman–Crippen MR) is 65.6 cm³/mol. The van der Waals surface area contributed by atoms with E-state index in [4.69, 9.17) is 11.0 Å². The van der Waals surface area contributed by atoms with E-state index < -0.39 is 0 Å². The van der Waals surface area contributed by atoms with Crippen LogP contribution in [0, 0.1) is 11.3 Å². The molecule has 0 radical (unpaired) electrons. The first-order chi connectivity index (χ1) is 8.74. The van der Waals surface area contributed by atoms with Crippen LogP contribution in [0.25, 0.3) is 0 Å². The van der Waals surface area contributed by atoms with Crippen LogP contribution in [0.15, 0.2) is 30.5 Å². The van der Waals surface area contributed by atoms with Crippen LogP contribution in [0.1, 0.15) is 21.5 Å². The Morgan fingerprint density at radius 1 is 1.44 bits per heavy atom. The average Bonchev–Trinajstić information content (AvgIpc) is 2.86. The number of nitrogens with two attached hydrogens (primary N) is 1. The monoisotopic (exact) mass is 241 g/mol. The van der Waals surface area contributed by atoms with Crippen molar-refractivity contribution in [2.75, 3.05) is 5.32 Å². The number of carbonyl (C=O) groups excluding carboxylic acids is 1. The predicted octanol–water partition coefficient (Wildman–Crippen LogP) is 0.992. The fraction of sp³-hybridized carbons (Fsp3) is 0.0833. The molecule has 18 heavy (non-hydrogen) atoms. The normalized spacial score (nSPS) is 9.78. The summed E-state index contributed by atoms with van der Waals surface area (Å²) in [6.45, 7) is 0.432. The molecule has 0 saturated carbocycles. The van der Waals surface area contributed by atoms with E-state index in [0.29, 0.717) is 23.5 Å². The first-order valence-electron chi connectivity index (χ1n) is 5.28. The molecule has 2 aromatic rings. The lowest BCUT2D eigenvalue weighted by Crippen LogP contribution is -2.13. The molecule has 90 valence electrons. The SMILES string of the molecule is N#Cc1cn[nH]c1NC(=O)c1ccc(CN)cc1. The van der Waals surface area contributed by atoms with Crippen molar-refractivity contribution in [3.63, 3.8) is 0 Å². The lowest BCUT2D eigenvalue weighted by molar-refractivity contribution is 0.102. The molecule has 6 nitrogen and oxygen atoms in total. The van der Waals surface area contributed by atoms with Crippen molar-refractivity contribution >= 4 is 11.7 Å². The Morgan fingerprint density at radius 3 is 2.78 bits per heavy atom. The van der Waals surface area contributed by atoms with Crippen molar-refractivity contribution in [1.29, 1.82) is 5.26 Å². The van der Waals surface area contributed by atoms with Gasteiger partial charge in [0.2, 0.25) is 0 Å². The van der Waals surface area contributed by atoms with Crippen molar-refractivity contribution in [2.24, 2.45) is 5.73 Å². The van der Waals surface area contributed by atoms with E-state index >= 15 is 0 Å². The molecule has 0 fully saturated rings. The van der Waals surface area contributed by atoms with Crippen LogP contribution in [0.5, 0.6) is 0 Å². The highest BCUT2D eigenvalue weighted by atomic mass is 16.1. The van der Waals surface area contributed by atoms with Crippen LogP contribution in [0.3, 0.4) is 0 Å². The number of benzene rings is 1. The van der Waals surface area contributed by atoms with E-state index in [9.17, 15) is 4.79 Å². The van der Waals surface area contributed by atoms with Gasteiger partial charge in [0, 0.05) is 12.1 Å². The Labute approximate surface area is 103 Å². The zero-order valence-corrected chi connectivity index (χ0v) is 9.47. The molecule has 0 saturated heterocycles. The van der Waals surface area contributed by atoms with Crippen LogP contribution in [0.2, 0.25) is 0 Å².